The molecule has 2 N–H and O–H groups in total. The molecule has 1 saturated heterocycles. The van der Waals surface area contributed by atoms with Crippen molar-refractivity contribution in [1.82, 2.24) is 20.4 Å². The first-order valence-electron chi connectivity index (χ1n) is 7.16. The molecule has 1 rings (SSSR count). The Bertz CT molecular complexity index is 357. The van der Waals surface area contributed by atoms with Gasteiger partial charge in [0.2, 0.25) is 11.8 Å². The normalized spacial score (nSPS) is 21.6. The third kappa shape index (κ3) is 4.18. The maximum absolute atomic E-state index is 12.4. The summed E-state index contributed by atoms with van der Waals surface area (Å²) in [6.07, 6.45) is 0.318. The molecule has 6 nitrogen and oxygen atoms in total. The Morgan fingerprint density at radius 3 is 2.50 bits per heavy atom. The third-order valence-electron chi connectivity index (χ3n) is 4.19. The van der Waals surface area contributed by atoms with Gasteiger partial charge < -0.3 is 15.5 Å². The van der Waals surface area contributed by atoms with E-state index >= 15 is 0 Å². The number of nitrogens with one attached hydrogen (secondary N) is 2. The topological polar surface area (TPSA) is 64.7 Å². The van der Waals surface area contributed by atoms with Crippen LogP contribution in [0.15, 0.2) is 0 Å². The molecule has 6 heteroatoms. The summed E-state index contributed by atoms with van der Waals surface area (Å²) in [4.78, 5) is 28.1. The Hall–Kier alpha value is -1.14. The molecule has 1 atom stereocenters. The molecule has 0 bridgehead atoms. The molecule has 20 heavy (non-hydrogen) atoms. The average molecular weight is 290 g/mol. The molecule has 1 aliphatic rings. The molecule has 2 amide bonds. The highest BCUT2D eigenvalue weighted by atomic mass is 16.3. The monoisotopic (exact) mass is 290 g/mol. The highest BCUT2D eigenvalue weighted by molar-refractivity contribution is 5.83. The van der Waals surface area contributed by atoms with Crippen molar-refractivity contribution in [2.24, 2.45) is 5.41 Å². The first kappa shape index (κ1) is 16.9. The standard InChI is InChI=1S/C14H28N4O2/c1-14(2,11-10-17(4)8-9-18(11)5)13(20)16-7-6-12(19)15-3/h11H,6-10H2,1-5H3,(H,15,19)(H,16,20)/i3+1,4+1,5+1,9+1,12+1,15+1. The van der Waals surface area contributed by atoms with Crippen LogP contribution in [-0.4, -0.2) is 75.0 Å². The second-order valence-corrected chi connectivity index (χ2v) is 6.16. The molecule has 0 spiro atoms. The molecule has 0 radical (unpaired) electrons. The van der Waals surface area contributed by atoms with E-state index in [2.05, 4.69) is 34.5 Å². The Morgan fingerprint density at radius 2 is 1.90 bits per heavy atom. The van der Waals surface area contributed by atoms with Gasteiger partial charge in [-0.05, 0) is 27.9 Å². The van der Waals surface area contributed by atoms with E-state index < -0.39 is 5.41 Å². The van der Waals surface area contributed by atoms with E-state index in [9.17, 15) is 9.59 Å². The fraction of sp³-hybridized carbons (Fsp3) is 0.857. The second-order valence-electron chi connectivity index (χ2n) is 6.16. The van der Waals surface area contributed by atoms with Crippen molar-refractivity contribution in [3.8, 4) is 0 Å². The summed E-state index contributed by atoms with van der Waals surface area (Å²) in [5.41, 5.74) is -0.480. The summed E-state index contributed by atoms with van der Waals surface area (Å²) < 4.78 is 0. The van der Waals surface area contributed by atoms with Crippen molar-refractivity contribution in [3.63, 3.8) is 0 Å². The Kier molecular flexibility index (Phi) is 5.95. The molecule has 0 aliphatic carbocycles. The number of carbonyl (C=O) groups excluding carboxylic acids is 2. The lowest BCUT2D eigenvalue weighted by atomic mass is 9.82. The van der Waals surface area contributed by atoms with Crippen molar-refractivity contribution < 1.29 is 9.59 Å². The van der Waals surface area contributed by atoms with Gasteiger partial charge in [0.15, 0.2) is 0 Å². The number of hydrogen-bond donors (Lipinski definition) is 2. The predicted octanol–water partition coefficient (Wildman–Crippen LogP) is -0.489. The molecule has 0 aromatic carbocycles. The zero-order valence-corrected chi connectivity index (χ0v) is 13.3. The van der Waals surface area contributed by atoms with Gasteiger partial charge in [0.1, 0.15) is 0 Å². The second kappa shape index (κ2) is 7.04. The number of hydrogen-bond acceptors (Lipinski definition) is 4. The van der Waals surface area contributed by atoms with Crippen LogP contribution < -0.4 is 10.6 Å². The van der Waals surface area contributed by atoms with Crippen molar-refractivity contribution in [2.75, 3.05) is 47.3 Å². The average Bonchev–Trinajstić information content (AvgIpc) is 2.40. The number of amides is 2. The minimum Gasteiger partial charge on any atom is -0.359 e. The van der Waals surface area contributed by atoms with Crippen LogP contribution in [0.25, 0.3) is 0 Å². The maximum atomic E-state index is 12.4. The highest BCUT2D eigenvalue weighted by Gasteiger charge is 2.41. The van der Waals surface area contributed by atoms with Gasteiger partial charge in [-0.25, -0.2) is 0 Å². The van der Waals surface area contributed by atoms with Crippen LogP contribution in [0.4, 0.5) is 0 Å². The molecular weight excluding hydrogens is 262 g/mol. The van der Waals surface area contributed by atoms with E-state index in [0.717, 1.165) is 19.6 Å². The minimum atomic E-state index is -0.480. The largest absolute Gasteiger partial charge is 0.359 e. The summed E-state index contributed by atoms with van der Waals surface area (Å²) in [6, 6.07) is 0.182. The van der Waals surface area contributed by atoms with Gasteiger partial charge in [0.25, 0.3) is 0 Å². The first-order chi connectivity index (χ1) is 9.28. The molecule has 0 aromatic rings. The van der Waals surface area contributed by atoms with E-state index in [0.29, 0.717) is 13.0 Å². The zero-order valence-electron chi connectivity index (χ0n) is 13.3. The summed E-state index contributed by atoms with van der Waals surface area (Å²) in [7, 11) is 5.75. The van der Waals surface area contributed by atoms with Gasteiger partial charge in [-0.2, -0.15) is 0 Å². The van der Waals surface area contributed by atoms with Crippen LogP contribution in [-0.2, 0) is 9.59 Å². The minimum absolute atomic E-state index is 0.00792. The molecule has 0 aromatic heterocycles. The number of piperazine rings is 1. The van der Waals surface area contributed by atoms with Gasteiger partial charge in [-0.3, -0.25) is 14.5 Å². The zero-order chi connectivity index (χ0) is 15.3. The fourth-order valence-electron chi connectivity index (χ4n) is 2.58. The Morgan fingerprint density at radius 1 is 1.25 bits per heavy atom. The first-order valence-corrected chi connectivity index (χ1v) is 7.16. The highest BCUT2D eigenvalue weighted by Crippen LogP contribution is 2.27. The van der Waals surface area contributed by atoms with Crippen LogP contribution >= 0.6 is 0 Å². The SMILES string of the molecule is CC(C)(C(=O)NCC[13C](=O)[15NH][13CH3])C1CN([13CH3])C[13CH2]N1[13CH3]. The molecule has 1 aliphatic heterocycles. The van der Waals surface area contributed by atoms with E-state index in [1.807, 2.05) is 13.8 Å². The number of likely N-dealkylation sites (N-methyl/N-ethyl adjacent to an activating group) is 2. The molecule has 116 valence electrons. The lowest BCUT2D eigenvalue weighted by molar-refractivity contribution is -0.134. The summed E-state index contributed by atoms with van der Waals surface area (Å²) in [5.74, 6) is -0.0498. The van der Waals surface area contributed by atoms with Gasteiger partial charge in [0.05, 0.1) is 5.41 Å². The van der Waals surface area contributed by atoms with Crippen LogP contribution in [0.3, 0.4) is 0 Å². The van der Waals surface area contributed by atoms with Gasteiger partial charge in [0, 0.05) is 45.7 Å². The van der Waals surface area contributed by atoms with E-state index in [4.69, 9.17) is 0 Å². The van der Waals surface area contributed by atoms with Crippen molar-refractivity contribution in [3.05, 3.63) is 0 Å². The van der Waals surface area contributed by atoms with E-state index in [1.165, 1.54) is 0 Å². The smallest absolute Gasteiger partial charge is 0.227 e. The third-order valence-corrected chi connectivity index (χ3v) is 4.19. The predicted molar refractivity (Wildman–Crippen MR) is 79.4 cm³/mol. The lowest BCUT2D eigenvalue weighted by Crippen LogP contribution is -2.60. The quantitative estimate of drug-likeness (QED) is 0.530. The van der Waals surface area contributed by atoms with E-state index in [-0.39, 0.29) is 17.9 Å². The van der Waals surface area contributed by atoms with Crippen molar-refractivity contribution >= 4 is 11.8 Å². The molecular formula is C14H28N4O2. The van der Waals surface area contributed by atoms with Gasteiger partial charge >= 0.3 is 0 Å². The summed E-state index contributed by atoms with van der Waals surface area (Å²) >= 11 is 0. The van der Waals surface area contributed by atoms with Crippen molar-refractivity contribution in [2.45, 2.75) is 26.3 Å². The van der Waals surface area contributed by atoms with Gasteiger partial charge in [-0.15, -0.1) is 0 Å². The fourth-order valence-corrected chi connectivity index (χ4v) is 2.58. The van der Waals surface area contributed by atoms with Crippen LogP contribution in [0, 0.1) is 5.41 Å². The van der Waals surface area contributed by atoms with Crippen LogP contribution in [0.5, 0.6) is 0 Å². The summed E-state index contributed by atoms with van der Waals surface area (Å²) in [6.45, 7) is 7.21. The number of nitrogens with zero attached hydrogens (tertiary/aromatic N) is 2. The number of rotatable bonds is 5. The molecule has 1 unspecified atom stereocenters. The van der Waals surface area contributed by atoms with Crippen molar-refractivity contribution in [1.29, 1.82) is 0 Å². The molecule has 1 fully saturated rings. The number of carbonyl (C=O) groups is 2. The van der Waals surface area contributed by atoms with E-state index in [1.54, 1.807) is 7.05 Å². The van der Waals surface area contributed by atoms with Crippen LogP contribution in [0.1, 0.15) is 20.3 Å². The van der Waals surface area contributed by atoms with Gasteiger partial charge in [-0.1, -0.05) is 0 Å². The lowest BCUT2D eigenvalue weighted by Gasteiger charge is -2.45. The molecule has 0 saturated carbocycles. The Labute approximate surface area is 121 Å². The Balaban J connectivity index is 2.57. The summed E-state index contributed by atoms with van der Waals surface area (Å²) in [5, 5.41) is 5.42. The molecule has 1 heterocycles. The maximum Gasteiger partial charge on any atom is 0.227 e. The van der Waals surface area contributed by atoms with Crippen LogP contribution in [0.2, 0.25) is 0 Å².